The van der Waals surface area contributed by atoms with Crippen molar-refractivity contribution in [1.82, 2.24) is 9.55 Å². The lowest BCUT2D eigenvalue weighted by atomic mass is 10.3. The molecule has 4 heteroatoms. The Bertz CT molecular complexity index is 748. The average Bonchev–Trinajstić information content (AvgIpc) is 2.82. The smallest absolute Gasteiger partial charge is 0.270 e. The summed E-state index contributed by atoms with van der Waals surface area (Å²) in [6.45, 7) is 1.81. The number of imidazole rings is 1. The Morgan fingerprint density at radius 3 is 2.60 bits per heavy atom. The van der Waals surface area contributed by atoms with Crippen molar-refractivity contribution in [3.8, 4) is 5.75 Å². The number of nitrogens with zero attached hydrogens (tertiary/aromatic N) is 2. The predicted molar refractivity (Wildman–Crippen MR) is 77.0 cm³/mol. The topological polar surface area (TPSA) is 44.1 Å². The molecule has 3 aromatic rings. The predicted octanol–water partition coefficient (Wildman–Crippen LogP) is 3.06. The molecule has 0 N–H and O–H groups in total. The van der Waals surface area contributed by atoms with E-state index in [4.69, 9.17) is 4.74 Å². The van der Waals surface area contributed by atoms with Crippen LogP contribution < -0.4 is 4.74 Å². The number of carbonyl (C=O) groups excluding carboxylic acids is 1. The molecule has 0 atom stereocenters. The molecule has 0 saturated heterocycles. The summed E-state index contributed by atoms with van der Waals surface area (Å²) >= 11 is 0. The average molecular weight is 266 g/mol. The fourth-order valence-electron chi connectivity index (χ4n) is 2.19. The van der Waals surface area contributed by atoms with Crippen LogP contribution in [0.1, 0.15) is 10.6 Å². The number of hydrogen-bond acceptors (Lipinski definition) is 3. The second-order valence-electron chi connectivity index (χ2n) is 4.48. The van der Waals surface area contributed by atoms with Crippen molar-refractivity contribution < 1.29 is 9.53 Å². The molecule has 1 aromatic heterocycles. The van der Waals surface area contributed by atoms with E-state index in [9.17, 15) is 4.79 Å². The highest BCUT2D eigenvalue weighted by Crippen LogP contribution is 2.15. The quantitative estimate of drug-likeness (QED) is 0.731. The van der Waals surface area contributed by atoms with Crippen LogP contribution in [0.4, 0.5) is 0 Å². The molecular weight excluding hydrogens is 252 g/mol. The van der Waals surface area contributed by atoms with Gasteiger partial charge >= 0.3 is 0 Å². The second-order valence-corrected chi connectivity index (χ2v) is 4.48. The summed E-state index contributed by atoms with van der Waals surface area (Å²) in [5, 5.41) is 0. The van der Waals surface area contributed by atoms with Crippen LogP contribution in [-0.2, 0) is 0 Å². The molecule has 3 rings (SSSR count). The normalized spacial score (nSPS) is 10.7. The molecular formula is C16H14N2O2. The maximum atomic E-state index is 12.3. The van der Waals surface area contributed by atoms with Crippen LogP contribution in [0.5, 0.6) is 5.75 Å². The van der Waals surface area contributed by atoms with Gasteiger partial charge in [-0.25, -0.2) is 4.98 Å². The van der Waals surface area contributed by atoms with Gasteiger partial charge in [0.15, 0.2) is 6.61 Å². The zero-order chi connectivity index (χ0) is 13.9. The third kappa shape index (κ3) is 2.28. The number of benzene rings is 2. The molecule has 0 unspecified atom stereocenters. The lowest BCUT2D eigenvalue weighted by Crippen LogP contribution is -2.20. The number of aromatic nitrogens is 2. The van der Waals surface area contributed by atoms with Gasteiger partial charge in [-0.2, -0.15) is 0 Å². The minimum absolute atomic E-state index is 0.00872. The molecule has 0 saturated carbocycles. The van der Waals surface area contributed by atoms with Crippen molar-refractivity contribution in [3.05, 3.63) is 60.4 Å². The van der Waals surface area contributed by atoms with Crippen molar-refractivity contribution in [3.63, 3.8) is 0 Å². The van der Waals surface area contributed by atoms with E-state index in [0.29, 0.717) is 11.6 Å². The minimum atomic E-state index is -0.125. The van der Waals surface area contributed by atoms with E-state index in [2.05, 4.69) is 4.98 Å². The fourth-order valence-corrected chi connectivity index (χ4v) is 2.19. The summed E-state index contributed by atoms with van der Waals surface area (Å²) in [6, 6.07) is 16.9. The van der Waals surface area contributed by atoms with Crippen LogP contribution in [0, 0.1) is 6.92 Å². The van der Waals surface area contributed by atoms with Gasteiger partial charge in [-0.1, -0.05) is 30.3 Å². The summed E-state index contributed by atoms with van der Waals surface area (Å²) in [5.74, 6) is 1.23. The zero-order valence-corrected chi connectivity index (χ0v) is 11.1. The number of para-hydroxylation sites is 3. The SMILES string of the molecule is Cc1nc2ccccc2n1C(=O)COc1ccccc1. The maximum absolute atomic E-state index is 12.3. The highest BCUT2D eigenvalue weighted by atomic mass is 16.5. The Morgan fingerprint density at radius 1 is 1.10 bits per heavy atom. The first-order valence-electron chi connectivity index (χ1n) is 6.41. The van der Waals surface area contributed by atoms with Gasteiger partial charge in [-0.15, -0.1) is 0 Å². The number of carbonyl (C=O) groups is 1. The van der Waals surface area contributed by atoms with Gasteiger partial charge in [0.25, 0.3) is 5.91 Å². The van der Waals surface area contributed by atoms with Crippen molar-refractivity contribution in [1.29, 1.82) is 0 Å². The Balaban J connectivity index is 1.84. The van der Waals surface area contributed by atoms with Gasteiger partial charge in [-0.05, 0) is 31.2 Å². The summed E-state index contributed by atoms with van der Waals surface area (Å²) in [6.07, 6.45) is 0. The molecule has 0 spiro atoms. The second kappa shape index (κ2) is 5.17. The third-order valence-electron chi connectivity index (χ3n) is 3.08. The molecule has 0 aliphatic carbocycles. The molecule has 1 heterocycles. The van der Waals surface area contributed by atoms with Crippen LogP contribution >= 0.6 is 0 Å². The summed E-state index contributed by atoms with van der Waals surface area (Å²) in [5.41, 5.74) is 1.63. The van der Waals surface area contributed by atoms with Crippen molar-refractivity contribution in [2.24, 2.45) is 0 Å². The van der Waals surface area contributed by atoms with E-state index in [0.717, 1.165) is 11.0 Å². The van der Waals surface area contributed by atoms with Gasteiger partial charge in [0.2, 0.25) is 0 Å². The van der Waals surface area contributed by atoms with Gasteiger partial charge in [-0.3, -0.25) is 9.36 Å². The first-order chi connectivity index (χ1) is 9.75. The zero-order valence-electron chi connectivity index (χ0n) is 11.1. The standard InChI is InChI=1S/C16H14N2O2/c1-12-17-14-9-5-6-10-15(14)18(12)16(19)11-20-13-7-3-2-4-8-13/h2-10H,11H2,1H3. The van der Waals surface area contributed by atoms with E-state index in [1.807, 2.05) is 61.5 Å². The molecule has 2 aromatic carbocycles. The number of fused-ring (bicyclic) bond motifs is 1. The monoisotopic (exact) mass is 266 g/mol. The van der Waals surface area contributed by atoms with Crippen LogP contribution in [0.25, 0.3) is 11.0 Å². The molecule has 100 valence electrons. The van der Waals surface area contributed by atoms with Gasteiger partial charge < -0.3 is 4.74 Å². The van der Waals surface area contributed by atoms with Crippen LogP contribution in [-0.4, -0.2) is 22.1 Å². The van der Waals surface area contributed by atoms with E-state index in [-0.39, 0.29) is 12.5 Å². The highest BCUT2D eigenvalue weighted by molar-refractivity contribution is 5.91. The molecule has 0 amide bonds. The maximum Gasteiger partial charge on any atom is 0.270 e. The Kier molecular flexibility index (Phi) is 3.21. The number of aryl methyl sites for hydroxylation is 1. The fraction of sp³-hybridized carbons (Fsp3) is 0.125. The van der Waals surface area contributed by atoms with Crippen LogP contribution in [0.3, 0.4) is 0 Å². The lowest BCUT2D eigenvalue weighted by molar-refractivity contribution is 0.0840. The van der Waals surface area contributed by atoms with E-state index < -0.39 is 0 Å². The first-order valence-corrected chi connectivity index (χ1v) is 6.41. The molecule has 0 aliphatic heterocycles. The number of ether oxygens (including phenoxy) is 1. The summed E-state index contributed by atoms with van der Waals surface area (Å²) in [4.78, 5) is 16.7. The van der Waals surface area contributed by atoms with Crippen molar-refractivity contribution >= 4 is 16.9 Å². The number of hydrogen-bond donors (Lipinski definition) is 0. The van der Waals surface area contributed by atoms with Crippen molar-refractivity contribution in [2.75, 3.05) is 6.61 Å². The van der Waals surface area contributed by atoms with Gasteiger partial charge in [0.1, 0.15) is 11.6 Å². The largest absolute Gasteiger partial charge is 0.484 e. The van der Waals surface area contributed by atoms with E-state index in [1.54, 1.807) is 4.57 Å². The van der Waals surface area contributed by atoms with E-state index >= 15 is 0 Å². The first kappa shape index (κ1) is 12.4. The van der Waals surface area contributed by atoms with Crippen LogP contribution in [0.15, 0.2) is 54.6 Å². The van der Waals surface area contributed by atoms with Crippen molar-refractivity contribution in [2.45, 2.75) is 6.92 Å². The summed E-state index contributed by atoms with van der Waals surface area (Å²) in [7, 11) is 0. The Hall–Kier alpha value is -2.62. The molecule has 0 bridgehead atoms. The van der Waals surface area contributed by atoms with Gasteiger partial charge in [0.05, 0.1) is 11.0 Å². The molecule has 4 nitrogen and oxygen atoms in total. The highest BCUT2D eigenvalue weighted by Gasteiger charge is 2.14. The molecule has 0 aliphatic rings. The molecule has 0 fully saturated rings. The third-order valence-corrected chi connectivity index (χ3v) is 3.08. The minimum Gasteiger partial charge on any atom is -0.484 e. The molecule has 0 radical (unpaired) electrons. The van der Waals surface area contributed by atoms with E-state index in [1.165, 1.54) is 0 Å². The summed E-state index contributed by atoms with van der Waals surface area (Å²) < 4.78 is 7.09. The Morgan fingerprint density at radius 2 is 1.80 bits per heavy atom. The lowest BCUT2D eigenvalue weighted by Gasteiger charge is -2.07. The van der Waals surface area contributed by atoms with Crippen LogP contribution in [0.2, 0.25) is 0 Å². The molecule has 20 heavy (non-hydrogen) atoms. The Labute approximate surface area is 116 Å². The number of rotatable bonds is 3. The van der Waals surface area contributed by atoms with Gasteiger partial charge in [0, 0.05) is 0 Å².